The van der Waals surface area contributed by atoms with Gasteiger partial charge in [0.1, 0.15) is 18.5 Å². The number of benzene rings is 1. The van der Waals surface area contributed by atoms with Crippen molar-refractivity contribution in [3.05, 3.63) is 48.3 Å². The first kappa shape index (κ1) is 15.2. The van der Waals surface area contributed by atoms with Crippen molar-refractivity contribution >= 4 is 0 Å². The summed E-state index contributed by atoms with van der Waals surface area (Å²) in [6.07, 6.45) is 7.97. The number of hydrogen-bond acceptors (Lipinski definition) is 3. The summed E-state index contributed by atoms with van der Waals surface area (Å²) in [7, 11) is 0. The van der Waals surface area contributed by atoms with Crippen LogP contribution in [0.15, 0.2) is 36.9 Å². The van der Waals surface area contributed by atoms with Crippen LogP contribution in [0.3, 0.4) is 0 Å². The fraction of sp³-hybridized carbons (Fsp3) is 0.529. The Morgan fingerprint density at radius 1 is 1.36 bits per heavy atom. The molecule has 1 heterocycles. The quantitative estimate of drug-likeness (QED) is 0.892. The summed E-state index contributed by atoms with van der Waals surface area (Å²) in [5.74, 6) is -0.139. The molecule has 0 unspecified atom stereocenters. The van der Waals surface area contributed by atoms with Gasteiger partial charge in [0.05, 0.1) is 6.54 Å². The van der Waals surface area contributed by atoms with E-state index in [1.807, 2.05) is 10.7 Å². The molecular formula is C17H23FN4. The Hall–Kier alpha value is -1.75. The minimum Gasteiger partial charge on any atom is -0.312 e. The lowest BCUT2D eigenvalue weighted by Crippen LogP contribution is -2.41. The zero-order valence-corrected chi connectivity index (χ0v) is 13.0. The van der Waals surface area contributed by atoms with E-state index in [4.69, 9.17) is 0 Å². The Bertz CT molecular complexity index is 590. The van der Waals surface area contributed by atoms with Gasteiger partial charge >= 0.3 is 0 Å². The summed E-state index contributed by atoms with van der Waals surface area (Å²) in [5.41, 5.74) is 1.20. The van der Waals surface area contributed by atoms with E-state index in [1.165, 1.54) is 18.9 Å². The van der Waals surface area contributed by atoms with Gasteiger partial charge in [0.25, 0.3) is 0 Å². The van der Waals surface area contributed by atoms with Crippen molar-refractivity contribution in [2.45, 2.75) is 50.6 Å². The van der Waals surface area contributed by atoms with Crippen LogP contribution in [0.2, 0.25) is 0 Å². The van der Waals surface area contributed by atoms with E-state index in [0.29, 0.717) is 6.04 Å². The number of nitrogens with zero attached hydrogens (tertiary/aromatic N) is 3. The fourth-order valence-electron chi connectivity index (χ4n) is 3.48. The van der Waals surface area contributed by atoms with Crippen LogP contribution in [-0.4, -0.2) is 27.4 Å². The number of halogens is 1. The van der Waals surface area contributed by atoms with E-state index in [1.54, 1.807) is 18.7 Å². The van der Waals surface area contributed by atoms with Gasteiger partial charge in [0.2, 0.25) is 0 Å². The van der Waals surface area contributed by atoms with Crippen LogP contribution in [0, 0.1) is 5.82 Å². The highest BCUT2D eigenvalue weighted by molar-refractivity contribution is 5.28. The van der Waals surface area contributed by atoms with Crippen molar-refractivity contribution in [3.8, 4) is 0 Å². The lowest BCUT2D eigenvalue weighted by Gasteiger charge is -2.31. The van der Waals surface area contributed by atoms with Crippen LogP contribution in [0.4, 0.5) is 4.39 Å². The predicted octanol–water partition coefficient (Wildman–Crippen LogP) is 2.91. The number of rotatable bonds is 6. The Morgan fingerprint density at radius 2 is 2.18 bits per heavy atom. The van der Waals surface area contributed by atoms with E-state index in [-0.39, 0.29) is 11.2 Å². The van der Waals surface area contributed by atoms with Gasteiger partial charge in [0, 0.05) is 18.0 Å². The van der Waals surface area contributed by atoms with E-state index >= 15 is 0 Å². The van der Waals surface area contributed by atoms with Crippen LogP contribution in [0.25, 0.3) is 0 Å². The highest BCUT2D eigenvalue weighted by Crippen LogP contribution is 2.40. The van der Waals surface area contributed by atoms with E-state index in [2.05, 4.69) is 28.4 Å². The maximum atomic E-state index is 13.6. The van der Waals surface area contributed by atoms with Crippen LogP contribution < -0.4 is 5.32 Å². The minimum atomic E-state index is -0.139. The highest BCUT2D eigenvalue weighted by atomic mass is 19.1. The van der Waals surface area contributed by atoms with Gasteiger partial charge < -0.3 is 5.32 Å². The Balaban J connectivity index is 1.67. The fourth-order valence-corrected chi connectivity index (χ4v) is 3.48. The predicted molar refractivity (Wildman–Crippen MR) is 84.0 cm³/mol. The molecule has 0 amide bonds. The molecule has 0 spiro atoms. The van der Waals surface area contributed by atoms with Crippen molar-refractivity contribution in [1.82, 2.24) is 20.1 Å². The average molecular weight is 302 g/mol. The Morgan fingerprint density at radius 3 is 2.86 bits per heavy atom. The molecule has 0 bridgehead atoms. The molecule has 1 saturated carbocycles. The SMILES string of the molecule is C[C@@H](Cn1cncn1)NCC1(c2cccc(F)c2)CCCC1. The summed E-state index contributed by atoms with van der Waals surface area (Å²) >= 11 is 0. The number of nitrogens with one attached hydrogen (secondary N) is 1. The minimum absolute atomic E-state index is 0.0682. The van der Waals surface area contributed by atoms with Crippen molar-refractivity contribution in [3.63, 3.8) is 0 Å². The zero-order valence-electron chi connectivity index (χ0n) is 13.0. The third kappa shape index (κ3) is 3.35. The molecule has 1 aromatic carbocycles. The second kappa shape index (κ2) is 6.57. The molecule has 3 rings (SSSR count). The smallest absolute Gasteiger partial charge is 0.137 e. The van der Waals surface area contributed by atoms with Crippen molar-refractivity contribution in [2.24, 2.45) is 0 Å². The first-order valence-corrected chi connectivity index (χ1v) is 8.00. The molecule has 1 fully saturated rings. The van der Waals surface area contributed by atoms with Crippen LogP contribution >= 0.6 is 0 Å². The monoisotopic (exact) mass is 302 g/mol. The van der Waals surface area contributed by atoms with Gasteiger partial charge in [-0.1, -0.05) is 25.0 Å². The highest BCUT2D eigenvalue weighted by Gasteiger charge is 2.35. The largest absolute Gasteiger partial charge is 0.312 e. The Labute approximate surface area is 130 Å². The molecule has 1 aliphatic rings. The zero-order chi connectivity index (χ0) is 15.4. The topological polar surface area (TPSA) is 42.7 Å². The molecule has 1 aliphatic carbocycles. The van der Waals surface area contributed by atoms with Crippen LogP contribution in [0.5, 0.6) is 0 Å². The van der Waals surface area contributed by atoms with Gasteiger partial charge in [-0.05, 0) is 37.5 Å². The van der Waals surface area contributed by atoms with Gasteiger partial charge in [-0.3, -0.25) is 4.68 Å². The molecule has 22 heavy (non-hydrogen) atoms. The third-order valence-electron chi connectivity index (χ3n) is 4.71. The van der Waals surface area contributed by atoms with E-state index in [9.17, 15) is 4.39 Å². The first-order valence-electron chi connectivity index (χ1n) is 8.00. The standard InChI is InChI=1S/C17H23FN4/c1-14(10-22-13-19-12-21-22)20-11-17(7-2-3-8-17)15-5-4-6-16(18)9-15/h4-6,9,12-14,20H,2-3,7-8,10-11H2,1H3/t14-/m0/s1. The lowest BCUT2D eigenvalue weighted by molar-refractivity contribution is 0.357. The normalized spacial score (nSPS) is 18.5. The molecule has 1 atom stereocenters. The van der Waals surface area contributed by atoms with Gasteiger partial charge in [-0.15, -0.1) is 0 Å². The maximum absolute atomic E-state index is 13.6. The summed E-state index contributed by atoms with van der Waals surface area (Å²) in [4.78, 5) is 3.97. The van der Waals surface area contributed by atoms with Gasteiger partial charge in [0.15, 0.2) is 0 Å². The summed E-state index contributed by atoms with van der Waals surface area (Å²) < 4.78 is 15.4. The molecule has 1 aromatic heterocycles. The van der Waals surface area contributed by atoms with Gasteiger partial charge in [-0.25, -0.2) is 9.37 Å². The Kier molecular flexibility index (Phi) is 4.52. The number of aromatic nitrogens is 3. The summed E-state index contributed by atoms with van der Waals surface area (Å²) in [5, 5.41) is 7.75. The maximum Gasteiger partial charge on any atom is 0.137 e. The molecule has 2 aromatic rings. The summed E-state index contributed by atoms with van der Waals surface area (Å²) in [6, 6.07) is 7.41. The molecule has 0 saturated heterocycles. The average Bonchev–Trinajstić information content (AvgIpc) is 3.17. The molecule has 4 nitrogen and oxygen atoms in total. The molecule has 5 heteroatoms. The van der Waals surface area contributed by atoms with Crippen molar-refractivity contribution in [1.29, 1.82) is 0 Å². The second-order valence-electron chi connectivity index (χ2n) is 6.40. The van der Waals surface area contributed by atoms with E-state index < -0.39 is 0 Å². The molecule has 1 N–H and O–H groups in total. The van der Waals surface area contributed by atoms with Gasteiger partial charge in [-0.2, -0.15) is 5.10 Å². The molecule has 0 radical (unpaired) electrons. The second-order valence-corrected chi connectivity index (χ2v) is 6.40. The third-order valence-corrected chi connectivity index (χ3v) is 4.71. The van der Waals surface area contributed by atoms with Crippen LogP contribution in [-0.2, 0) is 12.0 Å². The van der Waals surface area contributed by atoms with Crippen molar-refractivity contribution in [2.75, 3.05) is 6.54 Å². The van der Waals surface area contributed by atoms with Crippen molar-refractivity contribution < 1.29 is 4.39 Å². The molecule has 0 aliphatic heterocycles. The molecule has 118 valence electrons. The first-order chi connectivity index (χ1) is 10.7. The molecular weight excluding hydrogens is 279 g/mol. The summed E-state index contributed by atoms with van der Waals surface area (Å²) in [6.45, 7) is 3.82. The van der Waals surface area contributed by atoms with E-state index in [0.717, 1.165) is 31.5 Å². The van der Waals surface area contributed by atoms with Crippen LogP contribution in [0.1, 0.15) is 38.2 Å². The lowest BCUT2D eigenvalue weighted by atomic mass is 9.78. The number of hydrogen-bond donors (Lipinski definition) is 1.